The summed E-state index contributed by atoms with van der Waals surface area (Å²) in [6, 6.07) is 0.495. The molecule has 0 saturated carbocycles. The molecule has 0 amide bonds. The normalized spacial score (nSPS) is 17.7. The molecule has 1 aromatic rings. The van der Waals surface area contributed by atoms with Crippen molar-refractivity contribution in [2.24, 2.45) is 5.92 Å². The number of carboxylic acids is 2. The van der Waals surface area contributed by atoms with Crippen molar-refractivity contribution in [3.63, 3.8) is 0 Å². The Hall–Kier alpha value is -2.35. The summed E-state index contributed by atoms with van der Waals surface area (Å²) in [6.07, 6.45) is -7.68. The minimum Gasteiger partial charge on any atom is -0.475 e. The van der Waals surface area contributed by atoms with Crippen LogP contribution in [0.15, 0.2) is 0 Å². The van der Waals surface area contributed by atoms with Crippen LogP contribution in [0.3, 0.4) is 0 Å². The van der Waals surface area contributed by atoms with E-state index in [1.807, 2.05) is 0 Å². The van der Waals surface area contributed by atoms with Crippen molar-refractivity contribution >= 4 is 11.9 Å². The number of halogens is 6. The number of aryl methyl sites for hydroxylation is 1. The standard InChI is InChI=1S/C18H32N4.2C2HF3O2/c1-13(2)11-21-8-6-18(7-9-21)12-19-10-16-17(18)20-15(5)22(16)14(3)4;2*3-2(4,5)1(6)7/h13-14,19H,6-12H2,1-5H3;2*(H,6,7). The number of fused-ring (bicyclic) bond motifs is 2. The van der Waals surface area contributed by atoms with E-state index in [0.29, 0.717) is 6.04 Å². The van der Waals surface area contributed by atoms with Crippen LogP contribution in [0, 0.1) is 12.8 Å². The summed E-state index contributed by atoms with van der Waals surface area (Å²) >= 11 is 0. The second-order valence-corrected chi connectivity index (χ2v) is 9.60. The van der Waals surface area contributed by atoms with Crippen LogP contribution in [0.1, 0.15) is 63.8 Å². The number of nitrogens with zero attached hydrogens (tertiary/aromatic N) is 3. The molecule has 0 radical (unpaired) electrons. The van der Waals surface area contributed by atoms with Crippen molar-refractivity contribution in [1.82, 2.24) is 19.8 Å². The molecule has 2 aliphatic heterocycles. The highest BCUT2D eigenvalue weighted by atomic mass is 19.4. The maximum Gasteiger partial charge on any atom is 0.490 e. The molecule has 36 heavy (non-hydrogen) atoms. The number of nitrogens with one attached hydrogen (secondary N) is 1. The Morgan fingerprint density at radius 3 is 1.81 bits per heavy atom. The van der Waals surface area contributed by atoms with Gasteiger partial charge in [-0.3, -0.25) is 0 Å². The summed E-state index contributed by atoms with van der Waals surface area (Å²) in [5, 5.41) is 17.9. The first-order valence-electron chi connectivity index (χ1n) is 11.4. The van der Waals surface area contributed by atoms with Gasteiger partial charge >= 0.3 is 24.3 Å². The molecular weight excluding hydrogens is 498 g/mol. The van der Waals surface area contributed by atoms with E-state index < -0.39 is 24.3 Å². The summed E-state index contributed by atoms with van der Waals surface area (Å²) in [7, 11) is 0. The number of rotatable bonds is 3. The van der Waals surface area contributed by atoms with Crippen LogP contribution in [0.25, 0.3) is 0 Å². The molecule has 14 heteroatoms. The maximum absolute atomic E-state index is 10.6. The van der Waals surface area contributed by atoms with Crippen LogP contribution in [0.4, 0.5) is 26.3 Å². The molecule has 1 aromatic heterocycles. The predicted molar refractivity (Wildman–Crippen MR) is 119 cm³/mol. The SMILES string of the molecule is Cc1nc2c(n1C(C)C)CNCC21CCN(CC(C)C)CC1.O=C(O)C(F)(F)F.O=C(O)C(F)(F)F. The van der Waals surface area contributed by atoms with Crippen LogP contribution in [0.5, 0.6) is 0 Å². The molecule has 1 saturated heterocycles. The Morgan fingerprint density at radius 1 is 1.00 bits per heavy atom. The molecule has 3 rings (SSSR count). The van der Waals surface area contributed by atoms with Gasteiger partial charge < -0.3 is 25.0 Å². The summed E-state index contributed by atoms with van der Waals surface area (Å²) < 4.78 is 65.9. The number of carbonyl (C=O) groups is 2. The van der Waals surface area contributed by atoms with Crippen LogP contribution in [-0.4, -0.2) is 75.1 Å². The van der Waals surface area contributed by atoms with E-state index in [0.717, 1.165) is 19.0 Å². The highest BCUT2D eigenvalue weighted by Crippen LogP contribution is 2.39. The first-order chi connectivity index (χ1) is 16.3. The zero-order valence-corrected chi connectivity index (χ0v) is 20.9. The van der Waals surface area contributed by atoms with E-state index in [1.165, 1.54) is 49.7 Å². The second-order valence-electron chi connectivity index (χ2n) is 9.60. The number of aromatic nitrogens is 2. The van der Waals surface area contributed by atoms with Crippen molar-refractivity contribution in [1.29, 1.82) is 0 Å². The highest BCUT2D eigenvalue weighted by molar-refractivity contribution is 5.73. The van der Waals surface area contributed by atoms with E-state index in [9.17, 15) is 26.3 Å². The Kier molecular flexibility index (Phi) is 10.8. The van der Waals surface area contributed by atoms with E-state index in [1.54, 1.807) is 0 Å². The number of aliphatic carboxylic acids is 2. The van der Waals surface area contributed by atoms with Gasteiger partial charge in [-0.1, -0.05) is 13.8 Å². The topological polar surface area (TPSA) is 108 Å². The van der Waals surface area contributed by atoms with Gasteiger partial charge in [-0.25, -0.2) is 14.6 Å². The monoisotopic (exact) mass is 532 g/mol. The minimum absolute atomic E-state index is 0.270. The zero-order chi connectivity index (χ0) is 28.1. The third-order valence-electron chi connectivity index (χ3n) is 5.88. The number of imidazole rings is 1. The lowest BCUT2D eigenvalue weighted by atomic mass is 9.73. The van der Waals surface area contributed by atoms with Gasteiger partial charge in [0.15, 0.2) is 0 Å². The maximum atomic E-state index is 10.6. The minimum atomic E-state index is -5.08. The first kappa shape index (κ1) is 31.7. The Bertz CT molecular complexity index is 864. The third kappa shape index (κ3) is 8.64. The molecular formula is C22H34F6N4O4. The average Bonchev–Trinajstić information content (AvgIpc) is 3.06. The number of likely N-dealkylation sites (tertiary alicyclic amines) is 1. The number of hydrogen-bond acceptors (Lipinski definition) is 5. The van der Waals surface area contributed by atoms with Gasteiger partial charge in [-0.05, 0) is 52.6 Å². The predicted octanol–water partition coefficient (Wildman–Crippen LogP) is 4.13. The van der Waals surface area contributed by atoms with Crippen molar-refractivity contribution in [3.8, 4) is 0 Å². The summed E-state index contributed by atoms with van der Waals surface area (Å²) in [5.74, 6) is -3.57. The molecule has 8 nitrogen and oxygen atoms in total. The molecule has 1 spiro atoms. The van der Waals surface area contributed by atoms with Crippen molar-refractivity contribution in [3.05, 3.63) is 17.2 Å². The highest BCUT2D eigenvalue weighted by Gasteiger charge is 2.43. The molecule has 1 fully saturated rings. The molecule has 208 valence electrons. The van der Waals surface area contributed by atoms with Gasteiger partial charge in [-0.2, -0.15) is 26.3 Å². The Morgan fingerprint density at radius 2 is 1.44 bits per heavy atom. The first-order valence-corrected chi connectivity index (χ1v) is 11.4. The van der Waals surface area contributed by atoms with Crippen LogP contribution in [-0.2, 0) is 21.5 Å². The van der Waals surface area contributed by atoms with Gasteiger partial charge in [0.1, 0.15) is 5.82 Å². The van der Waals surface area contributed by atoms with E-state index in [2.05, 4.69) is 49.4 Å². The second kappa shape index (κ2) is 12.3. The smallest absolute Gasteiger partial charge is 0.475 e. The van der Waals surface area contributed by atoms with Crippen molar-refractivity contribution < 1.29 is 46.1 Å². The molecule has 3 heterocycles. The zero-order valence-electron chi connectivity index (χ0n) is 20.9. The largest absolute Gasteiger partial charge is 0.490 e. The van der Waals surface area contributed by atoms with Gasteiger partial charge in [0.05, 0.1) is 11.4 Å². The molecule has 0 bridgehead atoms. The fourth-order valence-electron chi connectivity index (χ4n) is 4.47. The van der Waals surface area contributed by atoms with Gasteiger partial charge in [0.25, 0.3) is 0 Å². The lowest BCUT2D eigenvalue weighted by Crippen LogP contribution is -2.51. The summed E-state index contributed by atoms with van der Waals surface area (Å²) in [5.41, 5.74) is 3.11. The Balaban J connectivity index is 0.000000383. The molecule has 3 N–H and O–H groups in total. The van der Waals surface area contributed by atoms with Gasteiger partial charge in [0.2, 0.25) is 0 Å². The fourth-order valence-corrected chi connectivity index (χ4v) is 4.47. The van der Waals surface area contributed by atoms with E-state index in [4.69, 9.17) is 24.8 Å². The average molecular weight is 533 g/mol. The van der Waals surface area contributed by atoms with Gasteiger partial charge in [0, 0.05) is 31.1 Å². The molecule has 2 aliphatic rings. The fraction of sp³-hybridized carbons (Fsp3) is 0.773. The Labute approximate surface area is 205 Å². The van der Waals surface area contributed by atoms with Crippen LogP contribution < -0.4 is 5.32 Å². The van der Waals surface area contributed by atoms with E-state index >= 15 is 0 Å². The lowest BCUT2D eigenvalue weighted by molar-refractivity contribution is -0.193. The van der Waals surface area contributed by atoms with Crippen molar-refractivity contribution in [2.45, 2.75) is 77.8 Å². The quantitative estimate of drug-likeness (QED) is 0.503. The van der Waals surface area contributed by atoms with Crippen LogP contribution >= 0.6 is 0 Å². The molecule has 0 aromatic carbocycles. The van der Waals surface area contributed by atoms with Crippen molar-refractivity contribution in [2.75, 3.05) is 26.2 Å². The number of carboxylic acid groups (broad SMARTS) is 2. The number of piperidine rings is 1. The van der Waals surface area contributed by atoms with Gasteiger partial charge in [-0.15, -0.1) is 0 Å². The molecule has 0 atom stereocenters. The molecule has 0 aliphatic carbocycles. The summed E-state index contributed by atoms with van der Waals surface area (Å²) in [4.78, 5) is 25.5. The van der Waals surface area contributed by atoms with Crippen LogP contribution in [0.2, 0.25) is 0 Å². The molecule has 0 unspecified atom stereocenters. The van der Waals surface area contributed by atoms with E-state index in [-0.39, 0.29) is 5.41 Å². The number of alkyl halides is 6. The lowest BCUT2D eigenvalue weighted by Gasteiger charge is -2.44. The summed E-state index contributed by atoms with van der Waals surface area (Å²) in [6.45, 7) is 17.1. The third-order valence-corrected chi connectivity index (χ3v) is 5.88. The number of hydrogen-bond donors (Lipinski definition) is 3.